The van der Waals surface area contributed by atoms with E-state index in [-0.39, 0.29) is 5.41 Å². The molecule has 2 heterocycles. The molecule has 2 aromatic rings. The lowest BCUT2D eigenvalue weighted by molar-refractivity contribution is 0.539. The van der Waals surface area contributed by atoms with E-state index in [9.17, 15) is 0 Å². The van der Waals surface area contributed by atoms with Crippen LogP contribution in [0.4, 0.5) is 0 Å². The normalized spacial score (nSPS) is 11.8. The van der Waals surface area contributed by atoms with Crippen molar-refractivity contribution in [1.29, 1.82) is 0 Å². The fraction of sp³-hybridized carbons (Fsp3) is 0.417. The Balaban J connectivity index is 2.55. The minimum atomic E-state index is 0.00256. The van der Waals surface area contributed by atoms with Gasteiger partial charge in [0.2, 0.25) is 0 Å². The summed E-state index contributed by atoms with van der Waals surface area (Å²) < 4.78 is 1.82. The largest absolute Gasteiger partial charge is 0.217 e. The third-order valence-electron chi connectivity index (χ3n) is 2.43. The second kappa shape index (κ2) is 4.11. The molecule has 0 aliphatic rings. The number of aromatic nitrogens is 4. The van der Waals surface area contributed by atoms with Gasteiger partial charge in [-0.2, -0.15) is 5.10 Å². The van der Waals surface area contributed by atoms with Gasteiger partial charge in [0.25, 0.3) is 0 Å². The zero-order valence-corrected chi connectivity index (χ0v) is 11.2. The predicted octanol–water partition coefficient (Wildman–Crippen LogP) is 2.92. The van der Waals surface area contributed by atoms with Crippen LogP contribution in [-0.4, -0.2) is 20.0 Å². The maximum absolute atomic E-state index is 5.73. The van der Waals surface area contributed by atoms with Crippen LogP contribution in [-0.2, 0) is 5.41 Å². The number of rotatable bonds is 1. The van der Waals surface area contributed by atoms with Crippen molar-refractivity contribution in [2.45, 2.75) is 33.1 Å². The van der Waals surface area contributed by atoms with Gasteiger partial charge in [0, 0.05) is 5.41 Å². The molecular weight excluding hydrogens is 236 g/mol. The van der Waals surface area contributed by atoms with E-state index in [0.29, 0.717) is 11.0 Å². The molecule has 0 radical (unpaired) electrons. The van der Waals surface area contributed by atoms with Crippen molar-refractivity contribution in [2.24, 2.45) is 0 Å². The molecule has 2 aromatic heterocycles. The highest BCUT2D eigenvalue weighted by Gasteiger charge is 2.21. The lowest BCUT2D eigenvalue weighted by Gasteiger charge is -2.19. The fourth-order valence-corrected chi connectivity index (χ4v) is 1.73. The van der Waals surface area contributed by atoms with Crippen LogP contribution in [0.15, 0.2) is 18.2 Å². The fourth-order valence-electron chi connectivity index (χ4n) is 1.63. The smallest absolute Gasteiger partial charge is 0.176 e. The van der Waals surface area contributed by atoms with E-state index in [1.807, 2.05) is 17.7 Å². The van der Waals surface area contributed by atoms with Gasteiger partial charge < -0.3 is 0 Å². The molecule has 0 atom stereocenters. The first-order chi connectivity index (χ1) is 7.88. The van der Waals surface area contributed by atoms with Crippen molar-refractivity contribution in [3.8, 4) is 5.82 Å². The van der Waals surface area contributed by atoms with Gasteiger partial charge in [-0.05, 0) is 25.1 Å². The third kappa shape index (κ3) is 2.47. The molecule has 0 saturated carbocycles. The van der Waals surface area contributed by atoms with Gasteiger partial charge in [-0.25, -0.2) is 4.68 Å². The Labute approximate surface area is 106 Å². The van der Waals surface area contributed by atoms with E-state index in [4.69, 9.17) is 11.6 Å². The van der Waals surface area contributed by atoms with E-state index in [2.05, 4.69) is 42.1 Å². The molecule has 0 aromatic carbocycles. The maximum atomic E-state index is 5.73. The monoisotopic (exact) mass is 250 g/mol. The first kappa shape index (κ1) is 12.0. The first-order valence-electron chi connectivity index (χ1n) is 5.45. The molecule has 0 amide bonds. The molecule has 0 fully saturated rings. The Morgan fingerprint density at radius 3 is 2.41 bits per heavy atom. The van der Waals surface area contributed by atoms with E-state index < -0.39 is 0 Å². The summed E-state index contributed by atoms with van der Waals surface area (Å²) in [5.41, 5.74) is 2.07. The van der Waals surface area contributed by atoms with Gasteiger partial charge in [0.05, 0.1) is 11.4 Å². The van der Waals surface area contributed by atoms with Crippen LogP contribution in [0.3, 0.4) is 0 Å². The van der Waals surface area contributed by atoms with Crippen molar-refractivity contribution in [2.75, 3.05) is 0 Å². The Bertz CT molecular complexity index is 522. The molecule has 90 valence electrons. The summed E-state index contributed by atoms with van der Waals surface area (Å²) in [6.07, 6.45) is 0. The summed E-state index contributed by atoms with van der Waals surface area (Å²) in [6.45, 7) is 8.39. The van der Waals surface area contributed by atoms with Crippen LogP contribution in [0.2, 0.25) is 5.15 Å². The molecule has 0 aliphatic carbocycles. The van der Waals surface area contributed by atoms with E-state index in [1.54, 1.807) is 6.07 Å². The zero-order chi connectivity index (χ0) is 12.6. The SMILES string of the molecule is Cc1cc(C(C)(C)C)n(-c2ccc(Cl)nn2)n1. The number of hydrogen-bond acceptors (Lipinski definition) is 3. The van der Waals surface area contributed by atoms with Crippen LogP contribution >= 0.6 is 11.6 Å². The van der Waals surface area contributed by atoms with Crippen LogP contribution in [0.25, 0.3) is 5.82 Å². The standard InChI is InChI=1S/C12H15ClN4/c1-8-7-9(12(2,3)4)17(16-8)11-6-5-10(13)14-15-11/h5-7H,1-4H3. The summed E-state index contributed by atoms with van der Waals surface area (Å²) in [6, 6.07) is 5.60. The van der Waals surface area contributed by atoms with Crippen LogP contribution < -0.4 is 0 Å². The van der Waals surface area contributed by atoms with Crippen molar-refractivity contribution < 1.29 is 0 Å². The Hall–Kier alpha value is -1.42. The number of nitrogens with zero attached hydrogens (tertiary/aromatic N) is 4. The summed E-state index contributed by atoms with van der Waals surface area (Å²) in [5, 5.41) is 12.7. The molecular formula is C12H15ClN4. The van der Waals surface area contributed by atoms with Gasteiger partial charge in [0.1, 0.15) is 0 Å². The van der Waals surface area contributed by atoms with Gasteiger partial charge in [-0.3, -0.25) is 0 Å². The summed E-state index contributed by atoms with van der Waals surface area (Å²) >= 11 is 5.73. The van der Waals surface area contributed by atoms with E-state index >= 15 is 0 Å². The average Bonchev–Trinajstić information content (AvgIpc) is 2.61. The molecule has 0 N–H and O–H groups in total. The molecule has 0 saturated heterocycles. The number of halogens is 1. The van der Waals surface area contributed by atoms with E-state index in [1.165, 1.54) is 0 Å². The molecule has 5 heteroatoms. The zero-order valence-electron chi connectivity index (χ0n) is 10.4. The number of hydrogen-bond donors (Lipinski definition) is 0. The molecule has 2 rings (SSSR count). The van der Waals surface area contributed by atoms with Gasteiger partial charge in [0.15, 0.2) is 11.0 Å². The first-order valence-corrected chi connectivity index (χ1v) is 5.82. The lowest BCUT2D eigenvalue weighted by Crippen LogP contribution is -2.18. The highest BCUT2D eigenvalue weighted by atomic mass is 35.5. The van der Waals surface area contributed by atoms with Crippen molar-refractivity contribution >= 4 is 11.6 Å². The topological polar surface area (TPSA) is 43.6 Å². The van der Waals surface area contributed by atoms with Gasteiger partial charge in [-0.15, -0.1) is 10.2 Å². The third-order valence-corrected chi connectivity index (χ3v) is 2.64. The number of aryl methyl sites for hydroxylation is 1. The molecule has 17 heavy (non-hydrogen) atoms. The lowest BCUT2D eigenvalue weighted by atomic mass is 9.92. The summed E-state index contributed by atoms with van der Waals surface area (Å²) in [7, 11) is 0. The Kier molecular flexibility index (Phi) is 2.91. The van der Waals surface area contributed by atoms with E-state index in [0.717, 1.165) is 11.4 Å². The summed E-state index contributed by atoms with van der Waals surface area (Å²) in [4.78, 5) is 0. The second-order valence-electron chi connectivity index (χ2n) is 5.05. The Morgan fingerprint density at radius 2 is 1.88 bits per heavy atom. The second-order valence-corrected chi connectivity index (χ2v) is 5.43. The van der Waals surface area contributed by atoms with Crippen LogP contribution in [0.1, 0.15) is 32.2 Å². The van der Waals surface area contributed by atoms with Crippen LogP contribution in [0.5, 0.6) is 0 Å². The molecule has 0 spiro atoms. The maximum Gasteiger partial charge on any atom is 0.176 e. The Morgan fingerprint density at radius 1 is 1.18 bits per heavy atom. The van der Waals surface area contributed by atoms with Crippen LogP contribution in [0, 0.1) is 6.92 Å². The summed E-state index contributed by atoms with van der Waals surface area (Å²) in [5.74, 6) is 0.687. The molecule has 0 unspecified atom stereocenters. The average molecular weight is 251 g/mol. The predicted molar refractivity (Wildman–Crippen MR) is 67.6 cm³/mol. The molecule has 0 aliphatic heterocycles. The minimum Gasteiger partial charge on any atom is -0.217 e. The van der Waals surface area contributed by atoms with Gasteiger partial charge in [-0.1, -0.05) is 32.4 Å². The minimum absolute atomic E-state index is 0.00256. The van der Waals surface area contributed by atoms with Crippen molar-refractivity contribution in [1.82, 2.24) is 20.0 Å². The quantitative estimate of drug-likeness (QED) is 0.782. The van der Waals surface area contributed by atoms with Crippen molar-refractivity contribution in [3.63, 3.8) is 0 Å². The molecule has 4 nitrogen and oxygen atoms in total. The van der Waals surface area contributed by atoms with Gasteiger partial charge >= 0.3 is 0 Å². The molecule has 0 bridgehead atoms. The highest BCUT2D eigenvalue weighted by molar-refractivity contribution is 6.29. The highest BCUT2D eigenvalue weighted by Crippen LogP contribution is 2.25. The van der Waals surface area contributed by atoms with Crippen molar-refractivity contribution in [3.05, 3.63) is 34.7 Å².